The molecule has 29 heavy (non-hydrogen) atoms. The van der Waals surface area contributed by atoms with Crippen molar-refractivity contribution >= 4 is 16.9 Å². The number of carbonyl (C=O) groups excluding carboxylic acids is 1. The van der Waals surface area contributed by atoms with Crippen LogP contribution >= 0.6 is 0 Å². The Morgan fingerprint density at radius 1 is 1.31 bits per heavy atom. The zero-order valence-electron chi connectivity index (χ0n) is 16.3. The van der Waals surface area contributed by atoms with E-state index in [4.69, 9.17) is 4.42 Å². The monoisotopic (exact) mass is 409 g/mol. The molecule has 1 atom stereocenters. The van der Waals surface area contributed by atoms with Crippen LogP contribution in [0.15, 0.2) is 41.1 Å². The predicted octanol–water partition coefficient (Wildman–Crippen LogP) is 3.53. The minimum Gasteiger partial charge on any atom is -0.461 e. The van der Waals surface area contributed by atoms with Crippen LogP contribution in [0.5, 0.6) is 0 Å². The fourth-order valence-electron chi connectivity index (χ4n) is 3.36. The van der Waals surface area contributed by atoms with E-state index in [1.54, 1.807) is 6.07 Å². The maximum atomic E-state index is 13.7. The first-order chi connectivity index (χ1) is 13.6. The summed E-state index contributed by atoms with van der Waals surface area (Å²) in [7, 11) is 2.73. The minimum absolute atomic E-state index is 0.0630. The Labute approximate surface area is 165 Å². The van der Waals surface area contributed by atoms with Gasteiger partial charge in [0, 0.05) is 50.4 Å². The van der Waals surface area contributed by atoms with E-state index < -0.39 is 29.9 Å². The smallest absolute Gasteiger partial charge is 0.425 e. The Kier molecular flexibility index (Phi) is 5.44. The van der Waals surface area contributed by atoms with E-state index >= 15 is 0 Å². The Morgan fingerprint density at radius 2 is 2.00 bits per heavy atom. The minimum atomic E-state index is -5.07. The number of alkyl halides is 3. The number of furan rings is 1. The summed E-state index contributed by atoms with van der Waals surface area (Å²) in [5.41, 5.74) is -1.99. The van der Waals surface area contributed by atoms with Gasteiger partial charge in [0.25, 0.3) is 0 Å². The van der Waals surface area contributed by atoms with Gasteiger partial charge in [0.1, 0.15) is 11.3 Å². The van der Waals surface area contributed by atoms with Crippen LogP contribution in [0.25, 0.3) is 11.0 Å². The van der Waals surface area contributed by atoms with Crippen LogP contribution in [-0.4, -0.2) is 38.7 Å². The Bertz CT molecular complexity index is 1020. The van der Waals surface area contributed by atoms with Gasteiger partial charge in [-0.3, -0.25) is 4.79 Å². The molecule has 0 fully saturated rings. The van der Waals surface area contributed by atoms with E-state index in [1.165, 1.54) is 20.3 Å². The second kappa shape index (κ2) is 7.55. The molecular formula is C20H22F3N3O3. The normalized spacial score (nSPS) is 14.2. The summed E-state index contributed by atoms with van der Waals surface area (Å²) < 4.78 is 47.9. The van der Waals surface area contributed by atoms with Gasteiger partial charge in [-0.05, 0) is 6.07 Å². The van der Waals surface area contributed by atoms with Crippen LogP contribution in [0.1, 0.15) is 30.5 Å². The topological polar surface area (TPSA) is 71.5 Å². The summed E-state index contributed by atoms with van der Waals surface area (Å²) >= 11 is 0. The number of para-hydroxylation sites is 1. The van der Waals surface area contributed by atoms with Gasteiger partial charge in [0.15, 0.2) is 5.82 Å². The molecule has 0 radical (unpaired) electrons. The molecule has 9 heteroatoms. The van der Waals surface area contributed by atoms with Gasteiger partial charge in [-0.25, -0.2) is 4.98 Å². The first-order valence-corrected chi connectivity index (χ1v) is 9.08. The molecule has 0 saturated heterocycles. The summed E-state index contributed by atoms with van der Waals surface area (Å²) in [6.45, 7) is 1.96. The zero-order valence-corrected chi connectivity index (χ0v) is 16.3. The Morgan fingerprint density at radius 3 is 2.59 bits per heavy atom. The number of aromatic nitrogens is 2. The van der Waals surface area contributed by atoms with Crippen molar-refractivity contribution in [2.75, 3.05) is 7.05 Å². The molecule has 0 aliphatic heterocycles. The van der Waals surface area contributed by atoms with E-state index in [0.717, 1.165) is 26.6 Å². The number of nitrogens with zero attached hydrogens (tertiary/aromatic N) is 3. The van der Waals surface area contributed by atoms with Crippen LogP contribution in [0.2, 0.25) is 0 Å². The Balaban J connectivity index is 1.88. The molecule has 0 saturated carbocycles. The van der Waals surface area contributed by atoms with E-state index in [2.05, 4.69) is 4.98 Å². The third-order valence-corrected chi connectivity index (χ3v) is 4.99. The first kappa shape index (κ1) is 20.9. The number of halogens is 3. The molecule has 0 spiro atoms. The number of carbonyl (C=O) groups is 1. The fraction of sp³-hybridized carbons (Fsp3) is 0.400. The van der Waals surface area contributed by atoms with Crippen molar-refractivity contribution in [2.24, 2.45) is 7.05 Å². The van der Waals surface area contributed by atoms with Crippen molar-refractivity contribution in [3.05, 3.63) is 53.8 Å². The molecule has 1 unspecified atom stereocenters. The number of aryl methyl sites for hydroxylation is 2. The highest BCUT2D eigenvalue weighted by atomic mass is 19.4. The number of aliphatic hydroxyl groups is 1. The fourth-order valence-corrected chi connectivity index (χ4v) is 3.36. The molecule has 1 aromatic carbocycles. The van der Waals surface area contributed by atoms with Crippen molar-refractivity contribution in [2.45, 2.75) is 38.1 Å². The second-order valence-electron chi connectivity index (χ2n) is 7.00. The van der Waals surface area contributed by atoms with E-state index in [9.17, 15) is 23.1 Å². The maximum Gasteiger partial charge on any atom is 0.425 e. The van der Waals surface area contributed by atoms with Gasteiger partial charge in [-0.1, -0.05) is 25.1 Å². The van der Waals surface area contributed by atoms with Crippen LogP contribution in [0, 0.1) is 0 Å². The molecule has 1 N–H and O–H groups in total. The number of hydrogen-bond donors (Lipinski definition) is 1. The molecule has 3 aromatic rings. The van der Waals surface area contributed by atoms with Crippen molar-refractivity contribution in [3.63, 3.8) is 0 Å². The standard InChI is InChI=1S/C20H22F3N3O3/c1-4-15-14(13-7-5-6-8-16(13)29-15)12-26(3)17(27)11-19(28,20(21,22)23)18-24-9-10-25(18)2/h5-10,28H,4,11-12H2,1-3H3. The molecular weight excluding hydrogens is 387 g/mol. The highest BCUT2D eigenvalue weighted by Gasteiger charge is 2.58. The van der Waals surface area contributed by atoms with Crippen molar-refractivity contribution in [3.8, 4) is 0 Å². The molecule has 6 nitrogen and oxygen atoms in total. The van der Waals surface area contributed by atoms with Crippen LogP contribution < -0.4 is 0 Å². The quantitative estimate of drug-likeness (QED) is 0.676. The maximum absolute atomic E-state index is 13.7. The SMILES string of the molecule is CCc1oc2ccccc2c1CN(C)C(=O)CC(O)(c1nccn1C)C(F)(F)F. The third kappa shape index (κ3) is 3.74. The highest BCUT2D eigenvalue weighted by molar-refractivity contribution is 5.83. The lowest BCUT2D eigenvalue weighted by Crippen LogP contribution is -2.48. The van der Waals surface area contributed by atoms with E-state index in [-0.39, 0.29) is 6.54 Å². The number of benzene rings is 1. The Hall–Kier alpha value is -2.81. The van der Waals surface area contributed by atoms with E-state index in [0.29, 0.717) is 17.8 Å². The summed E-state index contributed by atoms with van der Waals surface area (Å²) in [5.74, 6) is -0.823. The van der Waals surface area contributed by atoms with Crippen molar-refractivity contribution in [1.29, 1.82) is 0 Å². The average molecular weight is 409 g/mol. The largest absolute Gasteiger partial charge is 0.461 e. The predicted molar refractivity (Wildman–Crippen MR) is 99.8 cm³/mol. The summed E-state index contributed by atoms with van der Waals surface area (Å²) in [5, 5.41) is 11.2. The number of imidazole rings is 1. The third-order valence-electron chi connectivity index (χ3n) is 4.99. The molecule has 0 bridgehead atoms. The molecule has 156 valence electrons. The second-order valence-corrected chi connectivity index (χ2v) is 7.00. The molecule has 1 amide bonds. The molecule has 2 aromatic heterocycles. The number of rotatable bonds is 6. The van der Waals surface area contributed by atoms with Gasteiger partial charge in [-0.2, -0.15) is 13.2 Å². The first-order valence-electron chi connectivity index (χ1n) is 9.08. The highest BCUT2D eigenvalue weighted by Crippen LogP contribution is 2.41. The molecule has 0 aliphatic carbocycles. The molecule has 3 rings (SSSR count). The van der Waals surface area contributed by atoms with Gasteiger partial charge in [0.2, 0.25) is 11.5 Å². The zero-order chi connectivity index (χ0) is 21.4. The van der Waals surface area contributed by atoms with E-state index in [1.807, 2.05) is 25.1 Å². The number of hydrogen-bond acceptors (Lipinski definition) is 4. The van der Waals surface area contributed by atoms with Crippen LogP contribution in [-0.2, 0) is 30.4 Å². The molecule has 0 aliphatic rings. The summed E-state index contributed by atoms with van der Waals surface area (Å²) in [6.07, 6.45) is -3.24. The lowest BCUT2D eigenvalue weighted by molar-refractivity contribution is -0.271. The lowest BCUT2D eigenvalue weighted by Gasteiger charge is -2.31. The average Bonchev–Trinajstić information content (AvgIpc) is 3.24. The van der Waals surface area contributed by atoms with Gasteiger partial charge < -0.3 is 19.0 Å². The number of amides is 1. The van der Waals surface area contributed by atoms with Crippen LogP contribution in [0.4, 0.5) is 13.2 Å². The van der Waals surface area contributed by atoms with Crippen LogP contribution in [0.3, 0.4) is 0 Å². The van der Waals surface area contributed by atoms with Crippen molar-refractivity contribution < 1.29 is 27.5 Å². The summed E-state index contributed by atoms with van der Waals surface area (Å²) in [6, 6.07) is 7.28. The summed E-state index contributed by atoms with van der Waals surface area (Å²) in [4.78, 5) is 17.5. The number of fused-ring (bicyclic) bond motifs is 1. The van der Waals surface area contributed by atoms with Gasteiger partial charge in [0.05, 0.1) is 6.42 Å². The van der Waals surface area contributed by atoms with Crippen molar-refractivity contribution in [1.82, 2.24) is 14.5 Å². The van der Waals surface area contributed by atoms with Gasteiger partial charge in [-0.15, -0.1) is 0 Å². The van der Waals surface area contributed by atoms with Gasteiger partial charge >= 0.3 is 6.18 Å². The molecule has 2 heterocycles. The lowest BCUT2D eigenvalue weighted by atomic mass is 9.96.